The van der Waals surface area contributed by atoms with Crippen molar-refractivity contribution < 1.29 is 0 Å². The summed E-state index contributed by atoms with van der Waals surface area (Å²) in [4.78, 5) is 3.08. The van der Waals surface area contributed by atoms with Crippen molar-refractivity contribution >= 4 is 27.5 Å². The summed E-state index contributed by atoms with van der Waals surface area (Å²) in [5.41, 5.74) is 7.24. The van der Waals surface area contributed by atoms with Gasteiger partial charge in [-0.25, -0.2) is 0 Å². The average molecular weight is 207 g/mol. The van der Waals surface area contributed by atoms with Gasteiger partial charge < -0.3 is 10.7 Å². The number of hydrogen-bond acceptors (Lipinski definition) is 2. The largest absolute Gasteiger partial charge is 0.384 e. The fraction of sp³-hybridized carbons (Fsp3) is 0. The normalized spacial score (nSPS) is 10.7. The lowest BCUT2D eigenvalue weighted by molar-refractivity contribution is 1.45. The van der Waals surface area contributed by atoms with Crippen LogP contribution in [-0.4, -0.2) is 4.98 Å². The first-order chi connectivity index (χ1) is 7.81. The van der Waals surface area contributed by atoms with Gasteiger partial charge in [0.25, 0.3) is 0 Å². The fourth-order valence-electron chi connectivity index (χ4n) is 2.08. The first-order valence-electron chi connectivity index (χ1n) is 5.00. The van der Waals surface area contributed by atoms with Crippen molar-refractivity contribution in [2.45, 2.75) is 0 Å². The molecule has 16 heavy (non-hydrogen) atoms. The molecule has 0 amide bonds. The van der Waals surface area contributed by atoms with E-state index in [1.165, 1.54) is 0 Å². The van der Waals surface area contributed by atoms with E-state index in [1.807, 2.05) is 36.4 Å². The van der Waals surface area contributed by atoms with Gasteiger partial charge in [-0.2, -0.15) is 5.26 Å². The Morgan fingerprint density at radius 2 is 1.88 bits per heavy atom. The molecular weight excluding hydrogens is 198 g/mol. The Morgan fingerprint density at radius 3 is 2.69 bits per heavy atom. The Morgan fingerprint density at radius 1 is 1.06 bits per heavy atom. The average Bonchev–Trinajstić information content (AvgIpc) is 2.65. The molecule has 1 heterocycles. The van der Waals surface area contributed by atoms with Crippen LogP contribution in [0.4, 0.5) is 5.82 Å². The van der Waals surface area contributed by atoms with Gasteiger partial charge in [0, 0.05) is 10.8 Å². The van der Waals surface area contributed by atoms with Crippen LogP contribution in [0, 0.1) is 11.3 Å². The van der Waals surface area contributed by atoms with E-state index >= 15 is 0 Å². The molecule has 0 radical (unpaired) electrons. The van der Waals surface area contributed by atoms with Gasteiger partial charge in [-0.1, -0.05) is 36.4 Å². The first-order valence-corrected chi connectivity index (χ1v) is 5.00. The van der Waals surface area contributed by atoms with Crippen LogP contribution in [0.1, 0.15) is 5.56 Å². The number of hydrogen-bond donors (Lipinski definition) is 2. The van der Waals surface area contributed by atoms with E-state index in [9.17, 15) is 0 Å². The lowest BCUT2D eigenvalue weighted by Gasteiger charge is -1.98. The molecule has 0 aliphatic heterocycles. The molecule has 0 spiro atoms. The van der Waals surface area contributed by atoms with Gasteiger partial charge in [-0.3, -0.25) is 0 Å². The minimum absolute atomic E-state index is 0.439. The SMILES string of the molecule is N#Cc1c(N)[nH]c2c1ccc1ccccc12. The summed E-state index contributed by atoms with van der Waals surface area (Å²) < 4.78 is 0. The van der Waals surface area contributed by atoms with E-state index in [-0.39, 0.29) is 0 Å². The van der Waals surface area contributed by atoms with Gasteiger partial charge in [0.2, 0.25) is 0 Å². The number of anilines is 1. The Hall–Kier alpha value is -2.47. The number of nitrogens with zero attached hydrogens (tertiary/aromatic N) is 1. The van der Waals surface area contributed by atoms with Crippen LogP contribution < -0.4 is 5.73 Å². The van der Waals surface area contributed by atoms with Crippen molar-refractivity contribution in [1.29, 1.82) is 5.26 Å². The smallest absolute Gasteiger partial charge is 0.119 e. The van der Waals surface area contributed by atoms with Crippen LogP contribution in [0.3, 0.4) is 0 Å². The zero-order chi connectivity index (χ0) is 11.1. The summed E-state index contributed by atoms with van der Waals surface area (Å²) in [6.07, 6.45) is 0. The van der Waals surface area contributed by atoms with Crippen LogP contribution in [-0.2, 0) is 0 Å². The minimum atomic E-state index is 0.439. The maximum atomic E-state index is 9.03. The van der Waals surface area contributed by atoms with Crippen LogP contribution in [0.15, 0.2) is 36.4 Å². The van der Waals surface area contributed by atoms with Crippen LogP contribution in [0.25, 0.3) is 21.7 Å². The highest BCUT2D eigenvalue weighted by molar-refractivity contribution is 6.09. The molecule has 3 aromatic rings. The highest BCUT2D eigenvalue weighted by atomic mass is 14.9. The summed E-state index contributed by atoms with van der Waals surface area (Å²) in [7, 11) is 0. The standard InChI is InChI=1S/C13H9N3/c14-7-11-10-6-5-8-3-1-2-4-9(8)12(10)16-13(11)15/h1-6,16H,15H2. The molecule has 1 aromatic heterocycles. The molecule has 0 unspecified atom stereocenters. The van der Waals surface area contributed by atoms with Gasteiger partial charge in [0.1, 0.15) is 17.5 Å². The summed E-state index contributed by atoms with van der Waals surface area (Å²) in [5.74, 6) is 0.439. The number of nitrogens with one attached hydrogen (secondary N) is 1. The number of benzene rings is 2. The minimum Gasteiger partial charge on any atom is -0.384 e. The molecular formula is C13H9N3. The summed E-state index contributed by atoms with van der Waals surface area (Å²) in [5, 5.41) is 12.1. The molecule has 0 bridgehead atoms. The lowest BCUT2D eigenvalue weighted by Crippen LogP contribution is -1.86. The first kappa shape index (κ1) is 8.81. The topological polar surface area (TPSA) is 65.6 Å². The molecule has 0 saturated carbocycles. The molecule has 76 valence electrons. The molecule has 0 fully saturated rings. The lowest BCUT2D eigenvalue weighted by atomic mass is 10.1. The molecule has 0 aliphatic carbocycles. The van der Waals surface area contributed by atoms with Gasteiger partial charge >= 0.3 is 0 Å². The van der Waals surface area contributed by atoms with Crippen molar-refractivity contribution in [3.05, 3.63) is 42.0 Å². The fourth-order valence-corrected chi connectivity index (χ4v) is 2.08. The molecule has 3 nitrogen and oxygen atoms in total. The Balaban J connectivity index is 2.59. The quantitative estimate of drug-likeness (QED) is 0.595. The van der Waals surface area contributed by atoms with E-state index in [0.29, 0.717) is 11.4 Å². The second-order valence-electron chi connectivity index (χ2n) is 3.73. The van der Waals surface area contributed by atoms with Crippen LogP contribution in [0.5, 0.6) is 0 Å². The molecule has 3 N–H and O–H groups in total. The third-order valence-electron chi connectivity index (χ3n) is 2.84. The number of nitrogens with two attached hydrogens (primary N) is 1. The van der Waals surface area contributed by atoms with E-state index in [4.69, 9.17) is 11.0 Å². The molecule has 0 saturated heterocycles. The third-order valence-corrected chi connectivity index (χ3v) is 2.84. The number of fused-ring (bicyclic) bond motifs is 3. The zero-order valence-electron chi connectivity index (χ0n) is 8.49. The summed E-state index contributed by atoms with van der Waals surface area (Å²) in [6, 6.07) is 14.1. The van der Waals surface area contributed by atoms with E-state index in [1.54, 1.807) is 0 Å². The van der Waals surface area contributed by atoms with Gasteiger partial charge in [0.05, 0.1) is 5.52 Å². The van der Waals surface area contributed by atoms with E-state index in [2.05, 4.69) is 11.1 Å². The molecule has 3 rings (SSSR count). The Kier molecular flexibility index (Phi) is 1.66. The predicted octanol–water partition coefficient (Wildman–Crippen LogP) is 2.77. The van der Waals surface area contributed by atoms with E-state index in [0.717, 1.165) is 21.7 Å². The summed E-state index contributed by atoms with van der Waals surface area (Å²) >= 11 is 0. The second kappa shape index (κ2) is 3.01. The van der Waals surface area contributed by atoms with Crippen LogP contribution >= 0.6 is 0 Å². The van der Waals surface area contributed by atoms with Gasteiger partial charge in [0.15, 0.2) is 0 Å². The van der Waals surface area contributed by atoms with Crippen molar-refractivity contribution in [2.75, 3.05) is 5.73 Å². The number of H-pyrrole nitrogens is 1. The Labute approximate surface area is 92.1 Å². The number of aromatic nitrogens is 1. The highest BCUT2D eigenvalue weighted by Gasteiger charge is 2.10. The van der Waals surface area contributed by atoms with Crippen molar-refractivity contribution in [3.63, 3.8) is 0 Å². The second-order valence-corrected chi connectivity index (χ2v) is 3.73. The van der Waals surface area contributed by atoms with Gasteiger partial charge in [-0.05, 0) is 5.39 Å². The maximum Gasteiger partial charge on any atom is 0.119 e. The monoisotopic (exact) mass is 207 g/mol. The van der Waals surface area contributed by atoms with Crippen molar-refractivity contribution in [1.82, 2.24) is 4.98 Å². The Bertz CT molecular complexity index is 732. The van der Waals surface area contributed by atoms with Crippen molar-refractivity contribution in [2.24, 2.45) is 0 Å². The number of nitrogen functional groups attached to an aromatic ring is 1. The van der Waals surface area contributed by atoms with Gasteiger partial charge in [-0.15, -0.1) is 0 Å². The van der Waals surface area contributed by atoms with Crippen LogP contribution in [0.2, 0.25) is 0 Å². The predicted molar refractivity (Wildman–Crippen MR) is 64.9 cm³/mol. The number of aromatic amines is 1. The molecule has 2 aromatic carbocycles. The number of rotatable bonds is 0. The van der Waals surface area contributed by atoms with E-state index < -0.39 is 0 Å². The van der Waals surface area contributed by atoms with Crippen molar-refractivity contribution in [3.8, 4) is 6.07 Å². The third kappa shape index (κ3) is 1.01. The molecule has 3 heteroatoms. The highest BCUT2D eigenvalue weighted by Crippen LogP contribution is 2.29. The number of nitriles is 1. The maximum absolute atomic E-state index is 9.03. The molecule has 0 aliphatic rings. The summed E-state index contributed by atoms with van der Waals surface area (Å²) in [6.45, 7) is 0. The zero-order valence-corrected chi connectivity index (χ0v) is 8.49. The molecule has 0 atom stereocenters.